The van der Waals surface area contributed by atoms with Gasteiger partial charge in [0.15, 0.2) is 0 Å². The molecule has 2 N–H and O–H groups in total. The Balaban J connectivity index is 2.04. The van der Waals surface area contributed by atoms with Gasteiger partial charge in [0.2, 0.25) is 10.0 Å². The van der Waals surface area contributed by atoms with Gasteiger partial charge in [0.05, 0.1) is 4.90 Å². The molecule has 0 saturated carbocycles. The number of likely N-dealkylation sites (tertiary alicyclic amines) is 1. The van der Waals surface area contributed by atoms with Crippen LogP contribution in [0.15, 0.2) is 17.2 Å². The molecule has 6 nitrogen and oxygen atoms in total. The fourth-order valence-corrected chi connectivity index (χ4v) is 3.97. The van der Waals surface area contributed by atoms with E-state index in [2.05, 4.69) is 21.9 Å². The first-order chi connectivity index (χ1) is 9.92. The van der Waals surface area contributed by atoms with E-state index >= 15 is 0 Å². The molecule has 2 heterocycles. The Hall–Kier alpha value is -0.890. The van der Waals surface area contributed by atoms with Crippen LogP contribution in [0.4, 0.5) is 0 Å². The molecule has 0 radical (unpaired) electrons. The predicted octanol–water partition coefficient (Wildman–Crippen LogP) is 0.507. The van der Waals surface area contributed by atoms with Crippen LogP contribution in [0.5, 0.6) is 0 Å². The molecule has 0 aliphatic carbocycles. The molecule has 1 aliphatic heterocycles. The Morgan fingerprint density at radius 1 is 1.38 bits per heavy atom. The summed E-state index contributed by atoms with van der Waals surface area (Å²) in [7, 11) is 0.464. The second-order valence-electron chi connectivity index (χ2n) is 5.82. The quantitative estimate of drug-likeness (QED) is 0.720. The second kappa shape index (κ2) is 6.91. The molecule has 120 valence electrons. The molecule has 1 unspecified atom stereocenters. The summed E-state index contributed by atoms with van der Waals surface area (Å²) in [6.07, 6.45) is 3.61. The number of aromatic nitrogens is 1. The average Bonchev–Trinajstić information content (AvgIpc) is 2.97. The van der Waals surface area contributed by atoms with Gasteiger partial charge in [-0.05, 0) is 39.0 Å². The van der Waals surface area contributed by atoms with Gasteiger partial charge in [-0.25, -0.2) is 13.1 Å². The number of hydrogen-bond acceptors (Lipinski definition) is 4. The highest BCUT2D eigenvalue weighted by atomic mass is 32.2. The summed E-state index contributed by atoms with van der Waals surface area (Å²) < 4.78 is 29.5. The fraction of sp³-hybridized carbons (Fsp3) is 0.714. The molecule has 7 heteroatoms. The summed E-state index contributed by atoms with van der Waals surface area (Å²) in [5.74, 6) is 0. The molecular weight excluding hydrogens is 288 g/mol. The lowest BCUT2D eigenvalue weighted by atomic mass is 10.3. The molecule has 1 saturated heterocycles. The van der Waals surface area contributed by atoms with Crippen LogP contribution < -0.4 is 10.0 Å². The number of sulfonamides is 1. The lowest BCUT2D eigenvalue weighted by Gasteiger charge is -2.12. The molecule has 1 atom stereocenters. The zero-order valence-corrected chi connectivity index (χ0v) is 13.9. The van der Waals surface area contributed by atoms with Crippen molar-refractivity contribution in [2.75, 3.05) is 26.7 Å². The van der Waals surface area contributed by atoms with Crippen LogP contribution in [0.3, 0.4) is 0 Å². The number of hydrogen-bond donors (Lipinski definition) is 2. The molecule has 0 aromatic carbocycles. The molecule has 1 aromatic heterocycles. The largest absolute Gasteiger partial charge is 0.352 e. The zero-order valence-electron chi connectivity index (χ0n) is 13.1. The van der Waals surface area contributed by atoms with Gasteiger partial charge >= 0.3 is 0 Å². The Morgan fingerprint density at radius 3 is 2.76 bits per heavy atom. The lowest BCUT2D eigenvalue weighted by Crippen LogP contribution is -2.36. The SMILES string of the molecule is CCCNCc1cc(S(=O)(=O)NC2CCN(C)C2)cn1C. The second-order valence-corrected chi connectivity index (χ2v) is 7.54. The first kappa shape index (κ1) is 16.5. The predicted molar refractivity (Wildman–Crippen MR) is 83.6 cm³/mol. The van der Waals surface area contributed by atoms with E-state index in [1.807, 2.05) is 18.7 Å². The Bertz CT molecular complexity index is 568. The van der Waals surface area contributed by atoms with Crippen molar-refractivity contribution >= 4 is 10.0 Å². The average molecular weight is 314 g/mol. The summed E-state index contributed by atoms with van der Waals surface area (Å²) in [5.41, 5.74) is 0.979. The van der Waals surface area contributed by atoms with Crippen molar-refractivity contribution in [2.24, 2.45) is 7.05 Å². The highest BCUT2D eigenvalue weighted by Gasteiger charge is 2.26. The van der Waals surface area contributed by atoms with Crippen LogP contribution in [0.25, 0.3) is 0 Å². The van der Waals surface area contributed by atoms with Crippen molar-refractivity contribution in [3.63, 3.8) is 0 Å². The van der Waals surface area contributed by atoms with Gasteiger partial charge in [0.25, 0.3) is 0 Å². The highest BCUT2D eigenvalue weighted by Crippen LogP contribution is 2.16. The number of nitrogens with one attached hydrogen (secondary N) is 2. The molecule has 0 amide bonds. The van der Waals surface area contributed by atoms with Crippen LogP contribution in [0, 0.1) is 0 Å². The van der Waals surface area contributed by atoms with Crippen LogP contribution in [-0.2, 0) is 23.6 Å². The highest BCUT2D eigenvalue weighted by molar-refractivity contribution is 7.89. The van der Waals surface area contributed by atoms with Gasteiger partial charge in [-0.1, -0.05) is 6.92 Å². The van der Waals surface area contributed by atoms with Gasteiger partial charge in [0, 0.05) is 38.1 Å². The number of likely N-dealkylation sites (N-methyl/N-ethyl adjacent to an activating group) is 1. The summed E-state index contributed by atoms with van der Waals surface area (Å²) in [6.45, 7) is 5.44. The normalized spacial score (nSPS) is 20.2. The molecule has 1 aromatic rings. The van der Waals surface area contributed by atoms with Crippen molar-refractivity contribution in [2.45, 2.75) is 37.2 Å². The van der Waals surface area contributed by atoms with Crippen molar-refractivity contribution < 1.29 is 8.42 Å². The van der Waals surface area contributed by atoms with Crippen molar-refractivity contribution in [1.82, 2.24) is 19.5 Å². The minimum atomic E-state index is -3.42. The summed E-state index contributed by atoms with van der Waals surface area (Å²) in [5, 5.41) is 3.29. The summed E-state index contributed by atoms with van der Waals surface area (Å²) in [6, 6.07) is 1.77. The lowest BCUT2D eigenvalue weighted by molar-refractivity contribution is 0.407. The van der Waals surface area contributed by atoms with Gasteiger partial charge in [-0.2, -0.15) is 0 Å². The summed E-state index contributed by atoms with van der Waals surface area (Å²) >= 11 is 0. The van der Waals surface area contributed by atoms with Crippen molar-refractivity contribution in [1.29, 1.82) is 0 Å². The maximum absolute atomic E-state index is 12.4. The smallest absolute Gasteiger partial charge is 0.242 e. The van der Waals surface area contributed by atoms with Crippen LogP contribution >= 0.6 is 0 Å². The van der Waals surface area contributed by atoms with E-state index in [9.17, 15) is 8.42 Å². The monoisotopic (exact) mass is 314 g/mol. The fourth-order valence-electron chi connectivity index (χ4n) is 2.61. The third-order valence-corrected chi connectivity index (χ3v) is 5.33. The minimum Gasteiger partial charge on any atom is -0.352 e. The van der Waals surface area contributed by atoms with E-state index in [-0.39, 0.29) is 6.04 Å². The standard InChI is InChI=1S/C14H26N4O2S/c1-4-6-15-9-13-8-14(11-18(13)3)21(19,20)16-12-5-7-17(2)10-12/h8,11-12,15-16H,4-7,9-10H2,1-3H3. The van der Waals surface area contributed by atoms with Crippen molar-refractivity contribution in [3.8, 4) is 0 Å². The number of nitrogens with zero attached hydrogens (tertiary/aromatic N) is 2. The van der Waals surface area contributed by atoms with E-state index in [1.165, 1.54) is 0 Å². The Kier molecular flexibility index (Phi) is 5.43. The van der Waals surface area contributed by atoms with Gasteiger partial charge in [-0.15, -0.1) is 0 Å². The van der Waals surface area contributed by atoms with Crippen LogP contribution in [0.2, 0.25) is 0 Å². The van der Waals surface area contributed by atoms with Crippen LogP contribution in [0.1, 0.15) is 25.5 Å². The maximum atomic E-state index is 12.4. The van der Waals surface area contributed by atoms with Crippen molar-refractivity contribution in [3.05, 3.63) is 18.0 Å². The maximum Gasteiger partial charge on any atom is 0.242 e. The van der Waals surface area contributed by atoms with E-state index in [1.54, 1.807) is 12.3 Å². The first-order valence-corrected chi connectivity index (χ1v) is 8.97. The van der Waals surface area contributed by atoms with E-state index in [4.69, 9.17) is 0 Å². The Labute approximate surface area is 127 Å². The van der Waals surface area contributed by atoms with E-state index in [0.29, 0.717) is 11.4 Å². The van der Waals surface area contributed by atoms with Gasteiger partial charge < -0.3 is 14.8 Å². The molecule has 2 rings (SSSR count). The molecule has 0 bridgehead atoms. The molecule has 21 heavy (non-hydrogen) atoms. The van der Waals surface area contributed by atoms with Gasteiger partial charge in [0.1, 0.15) is 0 Å². The zero-order chi connectivity index (χ0) is 15.5. The minimum absolute atomic E-state index is 0.0156. The Morgan fingerprint density at radius 2 is 2.14 bits per heavy atom. The van der Waals surface area contributed by atoms with Gasteiger partial charge in [-0.3, -0.25) is 0 Å². The molecule has 1 fully saturated rings. The number of aryl methyl sites for hydroxylation is 1. The van der Waals surface area contributed by atoms with E-state index < -0.39 is 10.0 Å². The third kappa shape index (κ3) is 4.29. The molecular formula is C14H26N4O2S. The first-order valence-electron chi connectivity index (χ1n) is 7.49. The van der Waals surface area contributed by atoms with Crippen LogP contribution in [-0.4, -0.2) is 50.6 Å². The molecule has 1 aliphatic rings. The molecule has 0 spiro atoms. The topological polar surface area (TPSA) is 66.4 Å². The number of rotatable bonds is 7. The van der Waals surface area contributed by atoms with E-state index in [0.717, 1.165) is 38.2 Å². The third-order valence-electron chi connectivity index (χ3n) is 3.84. The summed E-state index contributed by atoms with van der Waals surface area (Å²) in [4.78, 5) is 2.49.